The smallest absolute Gasteiger partial charge is 0.118 e. The van der Waals surface area contributed by atoms with Crippen LogP contribution in [0.15, 0.2) is 66.9 Å². The first-order valence-corrected chi connectivity index (χ1v) is 8.17. The van der Waals surface area contributed by atoms with Gasteiger partial charge in [0.25, 0.3) is 0 Å². The van der Waals surface area contributed by atoms with Crippen LogP contribution in [0, 0.1) is 0 Å². The van der Waals surface area contributed by atoms with Gasteiger partial charge in [0.2, 0.25) is 0 Å². The number of para-hydroxylation sites is 1. The van der Waals surface area contributed by atoms with E-state index in [1.807, 2.05) is 66.8 Å². The summed E-state index contributed by atoms with van der Waals surface area (Å²) in [6.45, 7) is 0. The van der Waals surface area contributed by atoms with Crippen LogP contribution < -0.4 is 15.5 Å². The molecule has 3 aromatic rings. The number of hydrogen-bond donors (Lipinski definition) is 1. The Kier molecular flexibility index (Phi) is 3.78. The molecule has 25 heavy (non-hydrogen) atoms. The fraction of sp³-hybridized carbons (Fsp3) is 0.150. The molecule has 0 aliphatic carbocycles. The second-order valence-electron chi connectivity index (χ2n) is 6.02. The van der Waals surface area contributed by atoms with Gasteiger partial charge in [-0.15, -0.1) is 0 Å². The highest BCUT2D eigenvalue weighted by atomic mass is 16.5. The van der Waals surface area contributed by atoms with Crippen molar-refractivity contribution in [3.63, 3.8) is 0 Å². The molecule has 5 heteroatoms. The average Bonchev–Trinajstić information content (AvgIpc) is 2.99. The zero-order valence-corrected chi connectivity index (χ0v) is 14.3. The number of methoxy groups -OCH3 is 1. The third-order valence-corrected chi connectivity index (χ3v) is 4.45. The van der Waals surface area contributed by atoms with Gasteiger partial charge >= 0.3 is 0 Å². The molecule has 1 aliphatic rings. The highest BCUT2D eigenvalue weighted by Gasteiger charge is 2.23. The number of aromatic nitrogens is 1. The highest BCUT2D eigenvalue weighted by molar-refractivity contribution is 5.94. The van der Waals surface area contributed by atoms with Crippen LogP contribution in [-0.4, -0.2) is 30.3 Å². The number of benzene rings is 2. The van der Waals surface area contributed by atoms with Gasteiger partial charge in [-0.05, 0) is 42.5 Å². The van der Waals surface area contributed by atoms with E-state index in [1.165, 1.54) is 0 Å². The summed E-state index contributed by atoms with van der Waals surface area (Å²) in [7, 11) is 3.66. The Morgan fingerprint density at radius 2 is 1.84 bits per heavy atom. The summed E-state index contributed by atoms with van der Waals surface area (Å²) >= 11 is 0. The molecule has 0 saturated carbocycles. The van der Waals surface area contributed by atoms with Crippen LogP contribution in [0.25, 0.3) is 22.2 Å². The van der Waals surface area contributed by atoms with Gasteiger partial charge in [0.1, 0.15) is 11.9 Å². The number of hydrazine groups is 1. The Morgan fingerprint density at radius 3 is 2.52 bits per heavy atom. The molecule has 2 N–H and O–H groups in total. The number of ether oxygens (including phenoxy) is 1. The fourth-order valence-corrected chi connectivity index (χ4v) is 3.16. The van der Waals surface area contributed by atoms with E-state index in [1.54, 1.807) is 7.11 Å². The van der Waals surface area contributed by atoms with Crippen LogP contribution in [0.5, 0.6) is 5.75 Å². The van der Waals surface area contributed by atoms with Crippen molar-refractivity contribution in [1.82, 2.24) is 9.99 Å². The van der Waals surface area contributed by atoms with Crippen LogP contribution in [0.2, 0.25) is 0 Å². The number of anilines is 1. The summed E-state index contributed by atoms with van der Waals surface area (Å²) in [6.07, 6.45) is 3.76. The number of nitrogens with zero attached hydrogens (tertiary/aromatic N) is 3. The summed E-state index contributed by atoms with van der Waals surface area (Å²) in [5, 5.41) is 5.15. The largest absolute Gasteiger partial charge is 0.497 e. The van der Waals surface area contributed by atoms with Crippen molar-refractivity contribution in [1.29, 1.82) is 0 Å². The highest BCUT2D eigenvalue weighted by Crippen LogP contribution is 2.34. The zero-order chi connectivity index (χ0) is 17.4. The van der Waals surface area contributed by atoms with Crippen LogP contribution in [0.4, 0.5) is 5.69 Å². The Hall–Kier alpha value is -3.05. The molecule has 1 aromatic heterocycles. The number of rotatable bonds is 3. The third kappa shape index (κ3) is 2.68. The van der Waals surface area contributed by atoms with Crippen LogP contribution >= 0.6 is 0 Å². The summed E-state index contributed by atoms with van der Waals surface area (Å²) < 4.78 is 5.25. The molecule has 0 saturated heterocycles. The second-order valence-corrected chi connectivity index (χ2v) is 6.02. The number of fused-ring (bicyclic) bond motifs is 1. The van der Waals surface area contributed by atoms with E-state index in [-0.39, 0.29) is 6.17 Å². The molecule has 4 rings (SSSR count). The lowest BCUT2D eigenvalue weighted by molar-refractivity contribution is 0.415. The standard InChI is InChI=1S/C20H20N4O/c1-23-12-11-20(21)24(23)19-13-18(14-7-9-15(25-2)10-8-14)22-17-6-4-3-5-16(17)19/h3-13,20H,21H2,1-2H3. The monoisotopic (exact) mass is 332 g/mol. The third-order valence-electron chi connectivity index (χ3n) is 4.45. The van der Waals surface area contributed by atoms with Crippen LogP contribution in [0.3, 0.4) is 0 Å². The summed E-state index contributed by atoms with van der Waals surface area (Å²) in [6, 6.07) is 18.2. The van der Waals surface area contributed by atoms with Gasteiger partial charge in [-0.25, -0.2) is 4.98 Å². The maximum absolute atomic E-state index is 6.28. The molecule has 0 amide bonds. The molecule has 1 atom stereocenters. The topological polar surface area (TPSA) is 54.6 Å². The van der Waals surface area contributed by atoms with Gasteiger partial charge in [-0.1, -0.05) is 18.2 Å². The quantitative estimate of drug-likeness (QED) is 0.797. The number of pyridine rings is 1. The molecule has 2 heterocycles. The minimum Gasteiger partial charge on any atom is -0.497 e. The zero-order valence-electron chi connectivity index (χ0n) is 14.3. The van der Waals surface area contributed by atoms with E-state index in [0.29, 0.717) is 0 Å². The molecule has 0 bridgehead atoms. The van der Waals surface area contributed by atoms with Gasteiger partial charge in [0, 0.05) is 24.2 Å². The van der Waals surface area contributed by atoms with Gasteiger partial charge in [0.15, 0.2) is 0 Å². The first-order chi connectivity index (χ1) is 12.2. The lowest BCUT2D eigenvalue weighted by Crippen LogP contribution is -2.44. The Labute approximate surface area is 146 Å². The predicted molar refractivity (Wildman–Crippen MR) is 101 cm³/mol. The second kappa shape index (κ2) is 6.11. The van der Waals surface area contributed by atoms with Crippen molar-refractivity contribution in [2.75, 3.05) is 19.2 Å². The Bertz CT molecular complexity index is 924. The van der Waals surface area contributed by atoms with E-state index in [0.717, 1.165) is 33.6 Å². The van der Waals surface area contributed by atoms with Gasteiger partial charge in [-0.2, -0.15) is 0 Å². The molecule has 0 radical (unpaired) electrons. The molecular weight excluding hydrogens is 312 g/mol. The summed E-state index contributed by atoms with van der Waals surface area (Å²) in [5.74, 6) is 0.829. The first-order valence-electron chi connectivity index (χ1n) is 8.17. The minimum atomic E-state index is -0.195. The van der Waals surface area contributed by atoms with Crippen molar-refractivity contribution >= 4 is 16.6 Å². The number of nitrogens with two attached hydrogens (primary N) is 1. The SMILES string of the molecule is COc1ccc(-c2cc(N3C(N)C=CN3C)c3ccccc3n2)cc1. The van der Waals surface area contributed by atoms with Gasteiger partial charge < -0.3 is 10.5 Å². The van der Waals surface area contributed by atoms with E-state index in [2.05, 4.69) is 17.1 Å². The molecular formula is C20H20N4O. The number of hydrogen-bond acceptors (Lipinski definition) is 5. The van der Waals surface area contributed by atoms with Crippen molar-refractivity contribution in [3.05, 3.63) is 66.9 Å². The molecule has 1 aliphatic heterocycles. The van der Waals surface area contributed by atoms with E-state index < -0.39 is 0 Å². The summed E-state index contributed by atoms with van der Waals surface area (Å²) in [5.41, 5.74) is 10.2. The Balaban J connectivity index is 1.89. The Morgan fingerprint density at radius 1 is 1.08 bits per heavy atom. The maximum Gasteiger partial charge on any atom is 0.118 e. The van der Waals surface area contributed by atoms with E-state index >= 15 is 0 Å². The lowest BCUT2D eigenvalue weighted by atomic mass is 10.1. The van der Waals surface area contributed by atoms with Gasteiger partial charge in [0.05, 0.1) is 24.0 Å². The van der Waals surface area contributed by atoms with E-state index in [9.17, 15) is 0 Å². The normalized spacial score (nSPS) is 16.7. The van der Waals surface area contributed by atoms with Crippen molar-refractivity contribution in [2.24, 2.45) is 5.73 Å². The van der Waals surface area contributed by atoms with Crippen LogP contribution in [0.1, 0.15) is 0 Å². The van der Waals surface area contributed by atoms with Crippen molar-refractivity contribution < 1.29 is 4.74 Å². The molecule has 0 spiro atoms. The lowest BCUT2D eigenvalue weighted by Gasteiger charge is -2.32. The molecule has 1 unspecified atom stereocenters. The average molecular weight is 332 g/mol. The maximum atomic E-state index is 6.28. The van der Waals surface area contributed by atoms with E-state index in [4.69, 9.17) is 15.5 Å². The predicted octanol–water partition coefficient (Wildman–Crippen LogP) is 3.38. The minimum absolute atomic E-state index is 0.195. The molecule has 0 fully saturated rings. The molecule has 2 aromatic carbocycles. The summed E-state index contributed by atoms with van der Waals surface area (Å²) in [4.78, 5) is 4.84. The molecule has 126 valence electrons. The van der Waals surface area contributed by atoms with Crippen LogP contribution in [-0.2, 0) is 0 Å². The fourth-order valence-electron chi connectivity index (χ4n) is 3.16. The van der Waals surface area contributed by atoms with Gasteiger partial charge in [-0.3, -0.25) is 10.0 Å². The van der Waals surface area contributed by atoms with Crippen molar-refractivity contribution in [3.8, 4) is 17.0 Å². The van der Waals surface area contributed by atoms with Crippen molar-refractivity contribution in [2.45, 2.75) is 6.17 Å². The molecule has 5 nitrogen and oxygen atoms in total. The first kappa shape index (κ1) is 15.5.